The summed E-state index contributed by atoms with van der Waals surface area (Å²) >= 11 is 0. The molecule has 6 heteroatoms. The Bertz CT molecular complexity index is 485. The Hall–Kier alpha value is -2.11. The number of amides is 1. The largest absolute Gasteiger partial charge is 0.495 e. The molecule has 2 rings (SSSR count). The highest BCUT2D eigenvalue weighted by Gasteiger charge is 2.23. The Kier molecular flexibility index (Phi) is 5.14. The molecule has 1 aromatic rings. The average Bonchev–Trinajstić information content (AvgIpc) is 2.50. The lowest BCUT2D eigenvalue weighted by Crippen LogP contribution is -2.42. The molecule has 0 bridgehead atoms. The fourth-order valence-electron chi connectivity index (χ4n) is 2.49. The number of ether oxygens (including phenoxy) is 2. The topological polar surface area (TPSA) is 76.8 Å². The highest BCUT2D eigenvalue weighted by Crippen LogP contribution is 2.30. The molecule has 3 N–H and O–H groups in total. The van der Waals surface area contributed by atoms with E-state index in [0.717, 1.165) is 18.5 Å². The maximum atomic E-state index is 11.6. The van der Waals surface area contributed by atoms with Gasteiger partial charge in [-0.15, -0.1) is 0 Å². The van der Waals surface area contributed by atoms with Gasteiger partial charge in [0.05, 0.1) is 25.1 Å². The molecule has 1 aliphatic heterocycles. The Morgan fingerprint density at radius 2 is 2.14 bits per heavy atom. The number of nitrogen functional groups attached to an aromatic ring is 1. The molecule has 0 atom stereocenters. The maximum Gasteiger partial charge on any atom is 0.409 e. The Morgan fingerprint density at radius 3 is 2.76 bits per heavy atom. The minimum Gasteiger partial charge on any atom is -0.495 e. The summed E-state index contributed by atoms with van der Waals surface area (Å²) in [6.45, 7) is 3.62. The van der Waals surface area contributed by atoms with Crippen molar-refractivity contribution in [1.82, 2.24) is 4.90 Å². The summed E-state index contributed by atoms with van der Waals surface area (Å²) < 4.78 is 10.2. The van der Waals surface area contributed by atoms with Gasteiger partial charge in [0.25, 0.3) is 0 Å². The lowest BCUT2D eigenvalue weighted by atomic mass is 10.0. The van der Waals surface area contributed by atoms with E-state index in [1.807, 2.05) is 25.1 Å². The minimum absolute atomic E-state index is 0.225. The molecule has 0 aliphatic carbocycles. The molecule has 1 saturated heterocycles. The number of nitrogens with one attached hydrogen (secondary N) is 1. The predicted octanol–water partition coefficient (Wildman–Crippen LogP) is 2.31. The molecule has 0 saturated carbocycles. The lowest BCUT2D eigenvalue weighted by molar-refractivity contribution is 0.0983. The fraction of sp³-hybridized carbons (Fsp3) is 0.533. The summed E-state index contributed by atoms with van der Waals surface area (Å²) in [5.41, 5.74) is 7.55. The van der Waals surface area contributed by atoms with Crippen molar-refractivity contribution in [3.8, 4) is 5.75 Å². The summed E-state index contributed by atoms with van der Waals surface area (Å²) in [5, 5.41) is 3.43. The minimum atomic E-state index is -0.225. The first-order chi connectivity index (χ1) is 10.2. The van der Waals surface area contributed by atoms with Crippen LogP contribution in [-0.4, -0.2) is 43.8 Å². The molecular formula is C15H23N3O3. The SMILES string of the molecule is CCOC(=O)N1CCC(Nc2cccc(OC)c2N)CC1. The summed E-state index contributed by atoms with van der Waals surface area (Å²) in [6, 6.07) is 5.98. The maximum absolute atomic E-state index is 11.6. The molecule has 0 unspecified atom stereocenters. The number of benzene rings is 1. The number of methoxy groups -OCH3 is 1. The van der Waals surface area contributed by atoms with Crippen LogP contribution < -0.4 is 15.8 Å². The van der Waals surface area contributed by atoms with Gasteiger partial charge in [-0.3, -0.25) is 0 Å². The zero-order chi connectivity index (χ0) is 15.2. The van der Waals surface area contributed by atoms with Crippen LogP contribution in [0.5, 0.6) is 5.75 Å². The summed E-state index contributed by atoms with van der Waals surface area (Å²) in [6.07, 6.45) is 1.52. The van der Waals surface area contributed by atoms with Crippen LogP contribution in [0.2, 0.25) is 0 Å². The van der Waals surface area contributed by atoms with Gasteiger partial charge in [-0.2, -0.15) is 0 Å². The van der Waals surface area contributed by atoms with Crippen molar-refractivity contribution >= 4 is 17.5 Å². The van der Waals surface area contributed by atoms with Gasteiger partial charge in [-0.1, -0.05) is 6.07 Å². The van der Waals surface area contributed by atoms with E-state index >= 15 is 0 Å². The van der Waals surface area contributed by atoms with Crippen molar-refractivity contribution < 1.29 is 14.3 Å². The van der Waals surface area contributed by atoms with Crippen LogP contribution in [0.3, 0.4) is 0 Å². The molecule has 6 nitrogen and oxygen atoms in total. The zero-order valence-electron chi connectivity index (χ0n) is 12.6. The highest BCUT2D eigenvalue weighted by molar-refractivity contribution is 5.73. The zero-order valence-corrected chi connectivity index (χ0v) is 12.6. The van der Waals surface area contributed by atoms with Crippen molar-refractivity contribution in [2.45, 2.75) is 25.8 Å². The number of nitrogens with zero attached hydrogens (tertiary/aromatic N) is 1. The summed E-state index contributed by atoms with van der Waals surface area (Å²) in [4.78, 5) is 13.4. The van der Waals surface area contributed by atoms with E-state index in [1.54, 1.807) is 12.0 Å². The monoisotopic (exact) mass is 293 g/mol. The molecule has 116 valence electrons. The molecule has 0 radical (unpaired) electrons. The van der Waals surface area contributed by atoms with E-state index in [4.69, 9.17) is 15.2 Å². The Labute approximate surface area is 125 Å². The summed E-state index contributed by atoms with van der Waals surface area (Å²) in [7, 11) is 1.60. The number of rotatable bonds is 4. The van der Waals surface area contributed by atoms with Crippen LogP contribution in [0, 0.1) is 0 Å². The van der Waals surface area contributed by atoms with Crippen LogP contribution in [0.4, 0.5) is 16.2 Å². The van der Waals surface area contributed by atoms with E-state index in [1.165, 1.54) is 0 Å². The van der Waals surface area contributed by atoms with Crippen LogP contribution >= 0.6 is 0 Å². The fourth-order valence-corrected chi connectivity index (χ4v) is 2.49. The highest BCUT2D eigenvalue weighted by atomic mass is 16.6. The van der Waals surface area contributed by atoms with Crippen LogP contribution in [0.1, 0.15) is 19.8 Å². The number of carbonyl (C=O) groups is 1. The molecule has 0 aromatic heterocycles. The number of nitrogens with two attached hydrogens (primary N) is 1. The lowest BCUT2D eigenvalue weighted by Gasteiger charge is -2.32. The van der Waals surface area contributed by atoms with Gasteiger partial charge in [0.15, 0.2) is 0 Å². The third-order valence-corrected chi connectivity index (χ3v) is 3.67. The second kappa shape index (κ2) is 7.06. The van der Waals surface area contributed by atoms with Gasteiger partial charge < -0.3 is 25.4 Å². The standard InChI is InChI=1S/C15H23N3O3/c1-3-21-15(19)18-9-7-11(8-10-18)17-12-5-4-6-13(20-2)14(12)16/h4-6,11,17H,3,7-10,16H2,1-2H3. The number of carbonyl (C=O) groups excluding carboxylic acids is 1. The van der Waals surface area contributed by atoms with Gasteiger partial charge in [0, 0.05) is 19.1 Å². The third kappa shape index (κ3) is 3.71. The van der Waals surface area contributed by atoms with Crippen LogP contribution in [0.15, 0.2) is 18.2 Å². The molecule has 1 amide bonds. The molecule has 0 spiro atoms. The number of anilines is 2. The second-order valence-corrected chi connectivity index (χ2v) is 5.03. The van der Waals surface area contributed by atoms with Crippen LogP contribution in [-0.2, 0) is 4.74 Å². The van der Waals surface area contributed by atoms with Gasteiger partial charge >= 0.3 is 6.09 Å². The van der Waals surface area contributed by atoms with Gasteiger partial charge in [-0.05, 0) is 31.9 Å². The first-order valence-corrected chi connectivity index (χ1v) is 7.26. The average molecular weight is 293 g/mol. The van der Waals surface area contributed by atoms with E-state index < -0.39 is 0 Å². The van der Waals surface area contributed by atoms with E-state index in [-0.39, 0.29) is 6.09 Å². The van der Waals surface area contributed by atoms with Crippen molar-refractivity contribution in [2.24, 2.45) is 0 Å². The molecule has 1 aliphatic rings. The first kappa shape index (κ1) is 15.3. The Morgan fingerprint density at radius 1 is 1.43 bits per heavy atom. The molecule has 1 aromatic carbocycles. The predicted molar refractivity (Wildman–Crippen MR) is 82.6 cm³/mol. The van der Waals surface area contributed by atoms with Gasteiger partial charge in [-0.25, -0.2) is 4.79 Å². The third-order valence-electron chi connectivity index (χ3n) is 3.67. The number of hydrogen-bond acceptors (Lipinski definition) is 5. The second-order valence-electron chi connectivity index (χ2n) is 5.03. The smallest absolute Gasteiger partial charge is 0.409 e. The van der Waals surface area contributed by atoms with Gasteiger partial charge in [0.2, 0.25) is 0 Å². The van der Waals surface area contributed by atoms with Gasteiger partial charge in [0.1, 0.15) is 5.75 Å². The molecule has 1 heterocycles. The normalized spacial score (nSPS) is 15.6. The van der Waals surface area contributed by atoms with Crippen molar-refractivity contribution in [2.75, 3.05) is 37.9 Å². The van der Waals surface area contributed by atoms with E-state index in [0.29, 0.717) is 37.2 Å². The molecular weight excluding hydrogens is 270 g/mol. The van der Waals surface area contributed by atoms with Crippen molar-refractivity contribution in [3.63, 3.8) is 0 Å². The number of piperidine rings is 1. The number of hydrogen-bond donors (Lipinski definition) is 2. The first-order valence-electron chi connectivity index (χ1n) is 7.26. The number of likely N-dealkylation sites (tertiary alicyclic amines) is 1. The van der Waals surface area contributed by atoms with Crippen molar-refractivity contribution in [1.29, 1.82) is 0 Å². The molecule has 1 fully saturated rings. The van der Waals surface area contributed by atoms with Crippen molar-refractivity contribution in [3.05, 3.63) is 18.2 Å². The van der Waals surface area contributed by atoms with E-state index in [9.17, 15) is 4.79 Å². The number of para-hydroxylation sites is 1. The van der Waals surface area contributed by atoms with Crippen LogP contribution in [0.25, 0.3) is 0 Å². The van der Waals surface area contributed by atoms with E-state index in [2.05, 4.69) is 5.32 Å². The Balaban J connectivity index is 1.90. The summed E-state index contributed by atoms with van der Waals surface area (Å²) in [5.74, 6) is 0.670. The quantitative estimate of drug-likeness (QED) is 0.833. The molecule has 21 heavy (non-hydrogen) atoms.